The van der Waals surface area contributed by atoms with Crippen LogP contribution in [0.4, 0.5) is 5.69 Å². The van der Waals surface area contributed by atoms with Crippen molar-refractivity contribution in [3.8, 4) is 0 Å². The Labute approximate surface area is 137 Å². The number of ether oxygens (including phenoxy) is 1. The van der Waals surface area contributed by atoms with Gasteiger partial charge in [-0.05, 0) is 24.9 Å². The predicted molar refractivity (Wildman–Crippen MR) is 89.2 cm³/mol. The zero-order valence-corrected chi connectivity index (χ0v) is 14.2. The summed E-state index contributed by atoms with van der Waals surface area (Å²) in [5.41, 5.74) is 1.48. The van der Waals surface area contributed by atoms with E-state index in [9.17, 15) is 10.1 Å². The van der Waals surface area contributed by atoms with Crippen molar-refractivity contribution < 1.29 is 9.66 Å². The Balaban J connectivity index is 1.75. The van der Waals surface area contributed by atoms with Gasteiger partial charge in [0.25, 0.3) is 5.69 Å². The Kier molecular flexibility index (Phi) is 4.43. The van der Waals surface area contributed by atoms with E-state index in [0.717, 1.165) is 38.1 Å². The molecule has 126 valence electrons. The fraction of sp³-hybridized carbons (Fsp3) is 0.667. The lowest BCUT2D eigenvalue weighted by Gasteiger charge is -2.58. The van der Waals surface area contributed by atoms with Gasteiger partial charge in [0.05, 0.1) is 11.0 Å². The Morgan fingerprint density at radius 3 is 2.65 bits per heavy atom. The van der Waals surface area contributed by atoms with Gasteiger partial charge in [-0.2, -0.15) is 0 Å². The van der Waals surface area contributed by atoms with E-state index in [1.807, 2.05) is 12.1 Å². The SMILES string of the molecule is CCCN(Cc1ccc([N+](=O)[O-])cc1)[C@@H]1[C@H]2CCO[C@H]2C1(C)C. The van der Waals surface area contributed by atoms with Crippen molar-refractivity contribution in [2.45, 2.75) is 52.3 Å². The molecule has 1 aliphatic heterocycles. The number of non-ortho nitro benzene ring substituents is 1. The number of hydrogen-bond acceptors (Lipinski definition) is 4. The van der Waals surface area contributed by atoms with Crippen LogP contribution in [0.1, 0.15) is 39.2 Å². The van der Waals surface area contributed by atoms with Crippen molar-refractivity contribution in [2.24, 2.45) is 11.3 Å². The van der Waals surface area contributed by atoms with Crippen LogP contribution in [0.5, 0.6) is 0 Å². The van der Waals surface area contributed by atoms with Crippen molar-refractivity contribution in [1.29, 1.82) is 0 Å². The van der Waals surface area contributed by atoms with Crippen LogP contribution in [0.25, 0.3) is 0 Å². The Bertz CT molecular complexity index is 570. The second kappa shape index (κ2) is 6.21. The zero-order chi connectivity index (χ0) is 16.6. The molecule has 5 nitrogen and oxygen atoms in total. The van der Waals surface area contributed by atoms with Crippen LogP contribution >= 0.6 is 0 Å². The van der Waals surface area contributed by atoms with Gasteiger partial charge in [0.2, 0.25) is 0 Å². The van der Waals surface area contributed by atoms with Gasteiger partial charge in [0.1, 0.15) is 0 Å². The van der Waals surface area contributed by atoms with Crippen molar-refractivity contribution in [3.05, 3.63) is 39.9 Å². The first kappa shape index (κ1) is 16.4. The van der Waals surface area contributed by atoms with E-state index in [4.69, 9.17) is 4.74 Å². The molecule has 0 N–H and O–H groups in total. The summed E-state index contributed by atoms with van der Waals surface area (Å²) in [7, 11) is 0. The summed E-state index contributed by atoms with van der Waals surface area (Å²) in [6, 6.07) is 7.51. The van der Waals surface area contributed by atoms with Crippen molar-refractivity contribution in [1.82, 2.24) is 4.90 Å². The summed E-state index contributed by atoms with van der Waals surface area (Å²) >= 11 is 0. The summed E-state index contributed by atoms with van der Waals surface area (Å²) < 4.78 is 5.92. The van der Waals surface area contributed by atoms with Crippen LogP contribution in [0.15, 0.2) is 24.3 Å². The molecule has 3 atom stereocenters. The number of benzene rings is 1. The van der Waals surface area contributed by atoms with Crippen molar-refractivity contribution >= 4 is 5.69 Å². The van der Waals surface area contributed by atoms with Crippen LogP contribution in [-0.4, -0.2) is 35.1 Å². The highest BCUT2D eigenvalue weighted by Crippen LogP contribution is 2.54. The van der Waals surface area contributed by atoms with E-state index in [1.54, 1.807) is 12.1 Å². The number of fused-ring (bicyclic) bond motifs is 1. The third-order valence-corrected chi connectivity index (χ3v) is 5.48. The quantitative estimate of drug-likeness (QED) is 0.594. The third-order valence-electron chi connectivity index (χ3n) is 5.48. The monoisotopic (exact) mass is 318 g/mol. The van der Waals surface area contributed by atoms with Crippen LogP contribution in [0.3, 0.4) is 0 Å². The fourth-order valence-corrected chi connectivity index (χ4v) is 4.60. The first-order chi connectivity index (χ1) is 10.9. The highest BCUT2D eigenvalue weighted by molar-refractivity contribution is 5.33. The largest absolute Gasteiger partial charge is 0.377 e. The number of nitro benzene ring substituents is 1. The van der Waals surface area contributed by atoms with E-state index in [2.05, 4.69) is 25.7 Å². The molecular formula is C18H26N2O3. The summed E-state index contributed by atoms with van der Waals surface area (Å²) in [6.45, 7) is 9.60. The lowest BCUT2D eigenvalue weighted by Crippen LogP contribution is -2.66. The maximum atomic E-state index is 10.8. The van der Waals surface area contributed by atoms with Crippen LogP contribution in [0.2, 0.25) is 0 Å². The minimum atomic E-state index is -0.344. The third kappa shape index (κ3) is 2.88. The molecule has 1 aromatic rings. The maximum Gasteiger partial charge on any atom is 0.269 e. The Morgan fingerprint density at radius 1 is 1.35 bits per heavy atom. The molecule has 0 unspecified atom stereocenters. The predicted octanol–water partition coefficient (Wildman–Crippen LogP) is 3.62. The van der Waals surface area contributed by atoms with E-state index < -0.39 is 0 Å². The van der Waals surface area contributed by atoms with Gasteiger partial charge in [0, 0.05) is 42.7 Å². The van der Waals surface area contributed by atoms with E-state index in [-0.39, 0.29) is 16.0 Å². The highest BCUT2D eigenvalue weighted by atomic mass is 16.6. The average molecular weight is 318 g/mol. The van der Waals surface area contributed by atoms with E-state index in [1.165, 1.54) is 0 Å². The minimum Gasteiger partial charge on any atom is -0.377 e. The molecule has 0 amide bonds. The van der Waals surface area contributed by atoms with Crippen molar-refractivity contribution in [3.63, 3.8) is 0 Å². The van der Waals surface area contributed by atoms with Crippen molar-refractivity contribution in [2.75, 3.05) is 13.2 Å². The molecule has 1 saturated carbocycles. The molecule has 0 spiro atoms. The van der Waals surface area contributed by atoms with Crippen LogP contribution in [0, 0.1) is 21.4 Å². The molecular weight excluding hydrogens is 292 g/mol. The molecule has 0 radical (unpaired) electrons. The second-order valence-electron chi connectivity index (χ2n) is 7.40. The highest BCUT2D eigenvalue weighted by Gasteiger charge is 2.60. The molecule has 2 aliphatic rings. The normalized spacial score (nSPS) is 28.4. The first-order valence-electron chi connectivity index (χ1n) is 8.54. The number of nitrogens with zero attached hydrogens (tertiary/aromatic N) is 2. The molecule has 0 bridgehead atoms. The lowest BCUT2D eigenvalue weighted by molar-refractivity contribution is -0.384. The molecule has 1 saturated heterocycles. The number of hydrogen-bond donors (Lipinski definition) is 0. The molecule has 0 aromatic heterocycles. The Morgan fingerprint density at radius 2 is 2.04 bits per heavy atom. The molecule has 1 aromatic carbocycles. The number of rotatable bonds is 6. The van der Waals surface area contributed by atoms with Gasteiger partial charge < -0.3 is 4.74 Å². The maximum absolute atomic E-state index is 10.8. The van der Waals surface area contributed by atoms with Crippen LogP contribution in [-0.2, 0) is 11.3 Å². The smallest absolute Gasteiger partial charge is 0.269 e. The average Bonchev–Trinajstić information content (AvgIpc) is 2.94. The Hall–Kier alpha value is -1.46. The summed E-state index contributed by atoms with van der Waals surface area (Å²) in [5.74, 6) is 0.634. The van der Waals surface area contributed by atoms with Gasteiger partial charge in [-0.25, -0.2) is 0 Å². The molecule has 3 rings (SSSR count). The first-order valence-corrected chi connectivity index (χ1v) is 8.54. The molecule has 23 heavy (non-hydrogen) atoms. The van der Waals surface area contributed by atoms with Gasteiger partial charge in [-0.1, -0.05) is 32.9 Å². The van der Waals surface area contributed by atoms with Gasteiger partial charge >= 0.3 is 0 Å². The molecule has 5 heteroatoms. The van der Waals surface area contributed by atoms with Gasteiger partial charge in [-0.15, -0.1) is 0 Å². The van der Waals surface area contributed by atoms with Crippen LogP contribution < -0.4 is 0 Å². The molecule has 1 aliphatic carbocycles. The minimum absolute atomic E-state index is 0.157. The lowest BCUT2D eigenvalue weighted by atomic mass is 9.56. The second-order valence-corrected chi connectivity index (χ2v) is 7.40. The number of nitro groups is 1. The van der Waals surface area contributed by atoms with E-state index in [0.29, 0.717) is 18.1 Å². The summed E-state index contributed by atoms with van der Waals surface area (Å²) in [4.78, 5) is 13.0. The molecule has 2 fully saturated rings. The fourth-order valence-electron chi connectivity index (χ4n) is 4.60. The van der Waals surface area contributed by atoms with E-state index >= 15 is 0 Å². The zero-order valence-electron chi connectivity index (χ0n) is 14.2. The molecule has 1 heterocycles. The topological polar surface area (TPSA) is 55.6 Å². The summed E-state index contributed by atoms with van der Waals surface area (Å²) in [6.07, 6.45) is 2.65. The van der Waals surface area contributed by atoms with Gasteiger partial charge in [-0.3, -0.25) is 15.0 Å². The van der Waals surface area contributed by atoms with Gasteiger partial charge in [0.15, 0.2) is 0 Å². The standard InChI is InChI=1S/C18H26N2O3/c1-4-10-19(12-13-5-7-14(8-6-13)20(21)22)16-15-9-11-23-17(15)18(16,2)3/h5-8,15-17H,4,9-12H2,1-3H3/t15-,16-,17-/m1/s1. The summed E-state index contributed by atoms with van der Waals surface area (Å²) in [5, 5.41) is 10.8.